The average Bonchev–Trinajstić information content (AvgIpc) is 2.90. The third-order valence-electron chi connectivity index (χ3n) is 5.87. The molecule has 0 heterocycles. The Morgan fingerprint density at radius 2 is 1.38 bits per heavy atom. The molecule has 4 aromatic rings. The van der Waals surface area contributed by atoms with Crippen LogP contribution < -0.4 is 10.6 Å². The molecule has 0 fully saturated rings. The van der Waals surface area contributed by atoms with E-state index in [1.165, 1.54) is 18.2 Å². The smallest absolute Gasteiger partial charge is 0.206 e. The maximum Gasteiger partial charge on any atom is 0.206 e. The standard InChI is InChI=1S/C28H27ClN2O5S/c29-22-4-10-25(11-5-22)37(35,36)26-12-8-24(9-13-26)31-23-6-1-19(2-7-23)15-16-30-28(34)20-3-14-27(33)21(17-20)18-32/h1-14,17,28,30-34H,15-16,18H2. The summed E-state index contributed by atoms with van der Waals surface area (Å²) in [4.78, 5) is 0.387. The van der Waals surface area contributed by atoms with Gasteiger partial charge >= 0.3 is 0 Å². The Morgan fingerprint density at radius 3 is 1.97 bits per heavy atom. The summed E-state index contributed by atoms with van der Waals surface area (Å²) in [7, 11) is -3.62. The second kappa shape index (κ2) is 11.8. The molecule has 0 amide bonds. The summed E-state index contributed by atoms with van der Waals surface area (Å²) < 4.78 is 25.6. The third-order valence-corrected chi connectivity index (χ3v) is 7.91. The van der Waals surface area contributed by atoms with Crippen LogP contribution >= 0.6 is 11.6 Å². The first-order valence-electron chi connectivity index (χ1n) is 11.6. The van der Waals surface area contributed by atoms with Gasteiger partial charge in [-0.3, -0.25) is 5.32 Å². The number of hydrogen-bond donors (Lipinski definition) is 5. The summed E-state index contributed by atoms with van der Waals surface area (Å²) in [6.45, 7) is 0.215. The maximum atomic E-state index is 12.8. The number of phenols is 1. The zero-order valence-electron chi connectivity index (χ0n) is 19.8. The van der Waals surface area contributed by atoms with E-state index in [0.29, 0.717) is 29.1 Å². The lowest BCUT2D eigenvalue weighted by Gasteiger charge is -2.15. The molecule has 0 saturated heterocycles. The molecular weight excluding hydrogens is 512 g/mol. The van der Waals surface area contributed by atoms with Crippen molar-refractivity contribution in [1.29, 1.82) is 0 Å². The van der Waals surface area contributed by atoms with Crippen LogP contribution in [0.15, 0.2) is 101 Å². The number of nitrogens with one attached hydrogen (secondary N) is 2. The summed E-state index contributed by atoms with van der Waals surface area (Å²) in [5.74, 6) is -0.00827. The molecule has 5 N–H and O–H groups in total. The van der Waals surface area contributed by atoms with Gasteiger partial charge in [-0.15, -0.1) is 0 Å². The first-order valence-corrected chi connectivity index (χ1v) is 13.4. The van der Waals surface area contributed by atoms with E-state index in [-0.39, 0.29) is 22.1 Å². The van der Waals surface area contributed by atoms with Gasteiger partial charge in [0.2, 0.25) is 9.84 Å². The first kappa shape index (κ1) is 26.7. The van der Waals surface area contributed by atoms with Crippen LogP contribution in [-0.4, -0.2) is 30.3 Å². The molecule has 4 rings (SSSR count). The van der Waals surface area contributed by atoms with Crippen LogP contribution in [0.1, 0.15) is 22.9 Å². The maximum absolute atomic E-state index is 12.8. The SMILES string of the molecule is O=S(=O)(c1ccc(Cl)cc1)c1ccc(Nc2ccc(CCNC(O)c3ccc(O)c(CO)c3)cc2)cc1. The quantitative estimate of drug-likeness (QED) is 0.181. The highest BCUT2D eigenvalue weighted by atomic mass is 35.5. The predicted molar refractivity (Wildman–Crippen MR) is 144 cm³/mol. The van der Waals surface area contributed by atoms with Crippen LogP contribution in [-0.2, 0) is 22.9 Å². The van der Waals surface area contributed by atoms with Crippen molar-refractivity contribution in [2.45, 2.75) is 29.0 Å². The van der Waals surface area contributed by atoms with Crippen molar-refractivity contribution in [3.05, 3.63) is 113 Å². The number of sulfone groups is 1. The van der Waals surface area contributed by atoms with Gasteiger partial charge in [-0.05, 0) is 90.3 Å². The Balaban J connectivity index is 1.31. The van der Waals surface area contributed by atoms with E-state index in [4.69, 9.17) is 11.6 Å². The molecule has 1 atom stereocenters. The molecule has 0 saturated carbocycles. The van der Waals surface area contributed by atoms with E-state index in [2.05, 4.69) is 10.6 Å². The van der Waals surface area contributed by atoms with E-state index in [1.807, 2.05) is 24.3 Å². The fraction of sp³-hybridized carbons (Fsp3) is 0.143. The second-order valence-corrected chi connectivity index (χ2v) is 10.8. The van der Waals surface area contributed by atoms with Gasteiger partial charge in [-0.2, -0.15) is 0 Å². The van der Waals surface area contributed by atoms with E-state index >= 15 is 0 Å². The molecular formula is C28H27ClN2O5S. The van der Waals surface area contributed by atoms with Crippen molar-refractivity contribution in [1.82, 2.24) is 5.32 Å². The average molecular weight is 539 g/mol. The Morgan fingerprint density at radius 1 is 0.811 bits per heavy atom. The molecule has 0 aromatic heterocycles. The van der Waals surface area contributed by atoms with Gasteiger partial charge in [0.25, 0.3) is 0 Å². The molecule has 192 valence electrons. The van der Waals surface area contributed by atoms with E-state index < -0.39 is 16.1 Å². The van der Waals surface area contributed by atoms with Gasteiger partial charge in [-0.25, -0.2) is 8.42 Å². The first-order chi connectivity index (χ1) is 17.8. The molecule has 0 aliphatic heterocycles. The van der Waals surface area contributed by atoms with Crippen molar-refractivity contribution < 1.29 is 23.7 Å². The van der Waals surface area contributed by atoms with Crippen molar-refractivity contribution in [2.24, 2.45) is 0 Å². The lowest BCUT2D eigenvalue weighted by atomic mass is 10.1. The molecule has 7 nitrogen and oxygen atoms in total. The van der Waals surface area contributed by atoms with Gasteiger partial charge in [-0.1, -0.05) is 29.8 Å². The van der Waals surface area contributed by atoms with Gasteiger partial charge < -0.3 is 20.6 Å². The van der Waals surface area contributed by atoms with Crippen molar-refractivity contribution >= 4 is 32.8 Å². The minimum atomic E-state index is -3.62. The molecule has 0 bridgehead atoms. The van der Waals surface area contributed by atoms with Gasteiger partial charge in [0.05, 0.1) is 16.4 Å². The summed E-state index contributed by atoms with van der Waals surface area (Å²) in [5.41, 5.74) is 3.60. The minimum Gasteiger partial charge on any atom is -0.508 e. The zero-order valence-corrected chi connectivity index (χ0v) is 21.4. The van der Waals surface area contributed by atoms with Crippen molar-refractivity contribution in [3.8, 4) is 5.75 Å². The fourth-order valence-electron chi connectivity index (χ4n) is 3.76. The highest BCUT2D eigenvalue weighted by Gasteiger charge is 2.17. The lowest BCUT2D eigenvalue weighted by molar-refractivity contribution is 0.139. The number of rotatable bonds is 10. The number of aliphatic hydroxyl groups excluding tert-OH is 2. The van der Waals surface area contributed by atoms with Crippen molar-refractivity contribution in [2.75, 3.05) is 11.9 Å². The van der Waals surface area contributed by atoms with E-state index in [9.17, 15) is 23.7 Å². The zero-order chi connectivity index (χ0) is 26.4. The summed E-state index contributed by atoms with van der Waals surface area (Å²) in [5, 5.41) is 36.0. The molecule has 0 aliphatic rings. The fourth-order valence-corrected chi connectivity index (χ4v) is 5.15. The normalized spacial score (nSPS) is 12.3. The molecule has 0 spiro atoms. The monoisotopic (exact) mass is 538 g/mol. The number of anilines is 2. The Labute approximate surface area is 220 Å². The van der Waals surface area contributed by atoms with Crippen LogP contribution in [0, 0.1) is 0 Å². The van der Waals surface area contributed by atoms with Crippen LogP contribution in [0.2, 0.25) is 5.02 Å². The Hall–Kier alpha value is -3.40. The third kappa shape index (κ3) is 6.68. The summed E-state index contributed by atoms with van der Waals surface area (Å²) in [6.07, 6.45) is -0.238. The summed E-state index contributed by atoms with van der Waals surface area (Å²) in [6, 6.07) is 25.1. The Bertz CT molecular complexity index is 1440. The van der Waals surface area contributed by atoms with Crippen LogP contribution in [0.25, 0.3) is 0 Å². The topological polar surface area (TPSA) is 119 Å². The van der Waals surface area contributed by atoms with Gasteiger partial charge in [0, 0.05) is 28.5 Å². The molecule has 0 aliphatic carbocycles. The van der Waals surface area contributed by atoms with Crippen LogP contribution in [0.5, 0.6) is 5.75 Å². The lowest BCUT2D eigenvalue weighted by Crippen LogP contribution is -2.23. The van der Waals surface area contributed by atoms with E-state index in [0.717, 1.165) is 16.9 Å². The number of halogens is 1. The molecule has 0 radical (unpaired) electrons. The molecule has 9 heteroatoms. The highest BCUT2D eigenvalue weighted by Crippen LogP contribution is 2.25. The number of benzene rings is 4. The Kier molecular flexibility index (Phi) is 8.48. The van der Waals surface area contributed by atoms with Gasteiger partial charge in [0.1, 0.15) is 12.0 Å². The van der Waals surface area contributed by atoms with Crippen LogP contribution in [0.4, 0.5) is 11.4 Å². The molecule has 1 unspecified atom stereocenters. The molecule has 4 aromatic carbocycles. The highest BCUT2D eigenvalue weighted by molar-refractivity contribution is 7.91. The minimum absolute atomic E-state index is 0.00827. The van der Waals surface area contributed by atoms with E-state index in [1.54, 1.807) is 48.5 Å². The molecule has 37 heavy (non-hydrogen) atoms. The predicted octanol–water partition coefficient (Wildman–Crippen LogP) is 4.94. The van der Waals surface area contributed by atoms with Gasteiger partial charge in [0.15, 0.2) is 0 Å². The number of aromatic hydroxyl groups is 1. The largest absolute Gasteiger partial charge is 0.508 e. The van der Waals surface area contributed by atoms with Crippen molar-refractivity contribution in [3.63, 3.8) is 0 Å². The van der Waals surface area contributed by atoms with Crippen LogP contribution in [0.3, 0.4) is 0 Å². The number of hydrogen-bond acceptors (Lipinski definition) is 7. The summed E-state index contributed by atoms with van der Waals surface area (Å²) >= 11 is 5.86. The second-order valence-electron chi connectivity index (χ2n) is 8.46. The number of aliphatic hydroxyl groups is 2.